The molecule has 150 valence electrons. The molecular formula is C22H20N6O2. The highest BCUT2D eigenvalue weighted by Crippen LogP contribution is 2.32. The van der Waals surface area contributed by atoms with Gasteiger partial charge >= 0.3 is 6.03 Å². The molecule has 0 bridgehead atoms. The highest BCUT2D eigenvalue weighted by atomic mass is 16.5. The van der Waals surface area contributed by atoms with Gasteiger partial charge in [0.25, 0.3) is 0 Å². The van der Waals surface area contributed by atoms with Crippen molar-refractivity contribution < 1.29 is 9.53 Å². The number of rotatable bonds is 6. The van der Waals surface area contributed by atoms with Crippen LogP contribution >= 0.6 is 0 Å². The molecule has 0 atom stereocenters. The van der Waals surface area contributed by atoms with Crippen LogP contribution in [-0.4, -0.2) is 21.0 Å². The summed E-state index contributed by atoms with van der Waals surface area (Å²) < 4.78 is 6.06. The Labute approximate surface area is 173 Å². The zero-order valence-electron chi connectivity index (χ0n) is 16.3. The maximum atomic E-state index is 11.2. The fraction of sp³-hybridized carbons (Fsp3) is 0.0909. The molecule has 4 N–H and O–H groups in total. The Kier molecular flexibility index (Phi) is 5.38. The minimum Gasteiger partial charge on any atom is -0.488 e. The number of aryl methyl sites for hydroxylation is 1. The summed E-state index contributed by atoms with van der Waals surface area (Å²) in [4.78, 5) is 24.1. The molecule has 2 amide bonds. The van der Waals surface area contributed by atoms with Gasteiger partial charge in [-0.2, -0.15) is 0 Å². The Balaban J connectivity index is 1.52. The van der Waals surface area contributed by atoms with Crippen molar-refractivity contribution in [2.75, 3.05) is 10.6 Å². The Morgan fingerprint density at radius 2 is 1.90 bits per heavy atom. The number of anilines is 3. The lowest BCUT2D eigenvalue weighted by Crippen LogP contribution is -2.19. The molecule has 30 heavy (non-hydrogen) atoms. The van der Waals surface area contributed by atoms with Gasteiger partial charge in [0.05, 0.1) is 17.6 Å². The molecule has 8 heteroatoms. The number of fused-ring (bicyclic) bond motifs is 1. The standard InChI is InChI=1S/C22H20N6O2/c1-14-11-24-12-21(26-14)28-20-10-15(8-9-25-20)13-30-19-7-6-18(27-22(23)29)16-4-2-3-5-17(16)19/h2-12H,13H2,1H3,(H3,23,27,29)(H,25,26,28). The number of carbonyl (C=O) groups excluding carboxylic acids is 1. The van der Waals surface area contributed by atoms with Crippen LogP contribution < -0.4 is 21.1 Å². The van der Waals surface area contributed by atoms with Crippen LogP contribution in [0.3, 0.4) is 0 Å². The number of amides is 2. The SMILES string of the molecule is Cc1cncc(Nc2cc(COc3ccc(NC(N)=O)c4ccccc34)ccn2)n1. The number of nitrogens with zero attached hydrogens (tertiary/aromatic N) is 3. The lowest BCUT2D eigenvalue weighted by Gasteiger charge is -2.13. The van der Waals surface area contributed by atoms with Gasteiger partial charge in [-0.25, -0.2) is 14.8 Å². The largest absolute Gasteiger partial charge is 0.488 e. The number of urea groups is 1. The maximum absolute atomic E-state index is 11.2. The number of aromatic nitrogens is 3. The minimum absolute atomic E-state index is 0.350. The molecule has 4 rings (SSSR count). The third-order valence-electron chi connectivity index (χ3n) is 4.37. The number of primary amides is 1. The van der Waals surface area contributed by atoms with E-state index in [-0.39, 0.29) is 0 Å². The van der Waals surface area contributed by atoms with E-state index in [4.69, 9.17) is 10.5 Å². The summed E-state index contributed by atoms with van der Waals surface area (Å²) in [5.41, 5.74) is 7.66. The molecule has 2 aromatic carbocycles. The van der Waals surface area contributed by atoms with E-state index < -0.39 is 6.03 Å². The number of hydrogen-bond donors (Lipinski definition) is 3. The summed E-state index contributed by atoms with van der Waals surface area (Å²) in [5, 5.41) is 7.52. The summed E-state index contributed by atoms with van der Waals surface area (Å²) in [6.45, 7) is 2.23. The van der Waals surface area contributed by atoms with Crippen molar-refractivity contribution in [1.82, 2.24) is 15.0 Å². The Morgan fingerprint density at radius 3 is 2.70 bits per heavy atom. The Bertz CT molecular complexity index is 1210. The summed E-state index contributed by atoms with van der Waals surface area (Å²) in [6.07, 6.45) is 5.05. The van der Waals surface area contributed by atoms with Crippen molar-refractivity contribution in [2.45, 2.75) is 13.5 Å². The van der Waals surface area contributed by atoms with Gasteiger partial charge in [-0.3, -0.25) is 4.98 Å². The molecule has 0 radical (unpaired) electrons. The minimum atomic E-state index is -0.607. The second-order valence-electron chi connectivity index (χ2n) is 6.65. The number of ether oxygens (including phenoxy) is 1. The predicted molar refractivity (Wildman–Crippen MR) is 116 cm³/mol. The van der Waals surface area contributed by atoms with Crippen LogP contribution in [0.4, 0.5) is 22.1 Å². The molecule has 0 unspecified atom stereocenters. The quantitative estimate of drug-likeness (QED) is 0.448. The summed E-state index contributed by atoms with van der Waals surface area (Å²) in [6, 6.07) is 14.4. The van der Waals surface area contributed by atoms with Crippen LogP contribution in [-0.2, 0) is 6.61 Å². The van der Waals surface area contributed by atoms with E-state index in [1.807, 2.05) is 49.4 Å². The van der Waals surface area contributed by atoms with Crippen LogP contribution in [0.25, 0.3) is 10.8 Å². The molecular weight excluding hydrogens is 380 g/mol. The van der Waals surface area contributed by atoms with Gasteiger partial charge in [-0.05, 0) is 36.8 Å². The van der Waals surface area contributed by atoms with Crippen LogP contribution in [0.2, 0.25) is 0 Å². The zero-order valence-corrected chi connectivity index (χ0v) is 16.3. The van der Waals surface area contributed by atoms with Gasteiger partial charge in [0, 0.05) is 23.2 Å². The molecule has 0 aliphatic rings. The lowest BCUT2D eigenvalue weighted by atomic mass is 10.1. The summed E-state index contributed by atoms with van der Waals surface area (Å²) in [5.74, 6) is 1.99. The molecule has 2 heterocycles. The van der Waals surface area contributed by atoms with Crippen LogP contribution in [0.15, 0.2) is 67.1 Å². The second-order valence-corrected chi connectivity index (χ2v) is 6.65. The topological polar surface area (TPSA) is 115 Å². The number of pyridine rings is 1. The molecule has 2 aromatic heterocycles. The molecule has 0 aliphatic heterocycles. The summed E-state index contributed by atoms with van der Waals surface area (Å²) >= 11 is 0. The zero-order chi connectivity index (χ0) is 20.9. The number of nitrogens with one attached hydrogen (secondary N) is 2. The van der Waals surface area contributed by atoms with Gasteiger partial charge in [0.15, 0.2) is 0 Å². The second kappa shape index (κ2) is 8.44. The fourth-order valence-electron chi connectivity index (χ4n) is 3.09. The van der Waals surface area contributed by atoms with Crippen molar-refractivity contribution >= 4 is 34.1 Å². The van der Waals surface area contributed by atoms with Crippen molar-refractivity contribution in [1.29, 1.82) is 0 Å². The number of hydrogen-bond acceptors (Lipinski definition) is 6. The average Bonchev–Trinajstić information content (AvgIpc) is 2.73. The van der Waals surface area contributed by atoms with Gasteiger partial charge in [0.2, 0.25) is 0 Å². The third-order valence-corrected chi connectivity index (χ3v) is 4.37. The van der Waals surface area contributed by atoms with Crippen molar-refractivity contribution in [3.8, 4) is 5.75 Å². The first-order valence-corrected chi connectivity index (χ1v) is 9.30. The Morgan fingerprint density at radius 1 is 1.07 bits per heavy atom. The first kappa shape index (κ1) is 19.1. The van der Waals surface area contributed by atoms with Crippen LogP contribution in [0.5, 0.6) is 5.75 Å². The fourth-order valence-corrected chi connectivity index (χ4v) is 3.09. The highest BCUT2D eigenvalue weighted by Gasteiger charge is 2.09. The van der Waals surface area contributed by atoms with Crippen molar-refractivity contribution in [3.63, 3.8) is 0 Å². The first-order valence-electron chi connectivity index (χ1n) is 9.30. The van der Waals surface area contributed by atoms with Gasteiger partial charge in [0.1, 0.15) is 24.0 Å². The monoisotopic (exact) mass is 400 g/mol. The molecule has 0 saturated carbocycles. The smallest absolute Gasteiger partial charge is 0.316 e. The first-order chi connectivity index (χ1) is 14.6. The average molecular weight is 400 g/mol. The molecule has 4 aromatic rings. The van der Waals surface area contributed by atoms with E-state index in [2.05, 4.69) is 25.6 Å². The molecule has 0 aliphatic carbocycles. The van der Waals surface area contributed by atoms with E-state index in [1.54, 1.807) is 24.7 Å². The van der Waals surface area contributed by atoms with E-state index >= 15 is 0 Å². The van der Waals surface area contributed by atoms with Crippen molar-refractivity contribution in [3.05, 3.63) is 78.4 Å². The normalized spacial score (nSPS) is 10.6. The van der Waals surface area contributed by atoms with Crippen molar-refractivity contribution in [2.24, 2.45) is 5.73 Å². The molecule has 0 fully saturated rings. The summed E-state index contributed by atoms with van der Waals surface area (Å²) in [7, 11) is 0. The van der Waals surface area contributed by atoms with Crippen LogP contribution in [0, 0.1) is 6.92 Å². The predicted octanol–water partition coefficient (Wildman–Crippen LogP) is 4.15. The number of benzene rings is 2. The van der Waals surface area contributed by atoms with Gasteiger partial charge in [-0.15, -0.1) is 0 Å². The van der Waals surface area contributed by atoms with E-state index in [1.165, 1.54) is 0 Å². The van der Waals surface area contributed by atoms with Crippen LogP contribution in [0.1, 0.15) is 11.3 Å². The maximum Gasteiger partial charge on any atom is 0.316 e. The lowest BCUT2D eigenvalue weighted by molar-refractivity contribution is 0.259. The molecule has 0 saturated heterocycles. The number of nitrogens with two attached hydrogens (primary N) is 1. The number of carbonyl (C=O) groups is 1. The van der Waals surface area contributed by atoms with E-state index in [0.29, 0.717) is 29.7 Å². The Hall–Kier alpha value is -4.20. The highest BCUT2D eigenvalue weighted by molar-refractivity contribution is 6.03. The van der Waals surface area contributed by atoms with E-state index in [0.717, 1.165) is 22.0 Å². The molecule has 0 spiro atoms. The van der Waals surface area contributed by atoms with Gasteiger partial charge in [-0.1, -0.05) is 24.3 Å². The molecule has 8 nitrogen and oxygen atoms in total. The van der Waals surface area contributed by atoms with Gasteiger partial charge < -0.3 is 21.1 Å². The third kappa shape index (κ3) is 4.44. The van der Waals surface area contributed by atoms with E-state index in [9.17, 15) is 4.79 Å².